The van der Waals surface area contributed by atoms with Crippen LogP contribution in [-0.2, 0) is 14.3 Å². The van der Waals surface area contributed by atoms with E-state index in [1.54, 1.807) is 34.6 Å². The van der Waals surface area contributed by atoms with Crippen LogP contribution in [0.25, 0.3) is 11.0 Å². The van der Waals surface area contributed by atoms with E-state index in [1.165, 1.54) is 6.07 Å². The second kappa shape index (κ2) is 11.7. The number of fused-ring (bicyclic) bond motifs is 7. The van der Waals surface area contributed by atoms with Gasteiger partial charge >= 0.3 is 5.97 Å². The Morgan fingerprint density at radius 1 is 1.12 bits per heavy atom. The number of hydrogen-bond acceptors (Lipinski definition) is 13. The maximum atomic E-state index is 14.1. The summed E-state index contributed by atoms with van der Waals surface area (Å²) in [7, 11) is 3.41. The van der Waals surface area contributed by atoms with Crippen LogP contribution in [0.5, 0.6) is 11.5 Å². The zero-order valence-electron chi connectivity index (χ0n) is 26.9. The van der Waals surface area contributed by atoms with E-state index in [0.717, 1.165) is 16.7 Å². The molecule has 2 aromatic rings. The van der Waals surface area contributed by atoms with Crippen molar-refractivity contribution in [1.82, 2.24) is 10.6 Å². The number of hydrogen-bond donors (Lipinski definition) is 5. The van der Waals surface area contributed by atoms with Crippen LogP contribution in [0.3, 0.4) is 0 Å². The molecule has 254 valence electrons. The van der Waals surface area contributed by atoms with Gasteiger partial charge in [0.25, 0.3) is 0 Å². The second-order valence-electron chi connectivity index (χ2n) is 13.7. The lowest BCUT2D eigenvalue weighted by Gasteiger charge is -2.47. The highest BCUT2D eigenvalue weighted by Crippen LogP contribution is 2.55. The third-order valence-corrected chi connectivity index (χ3v) is 12.9. The lowest BCUT2D eigenvalue weighted by molar-refractivity contribution is -0.175. The summed E-state index contributed by atoms with van der Waals surface area (Å²) in [4.78, 5) is 27.1. The highest BCUT2D eigenvalue weighted by atomic mass is 33.1. The average Bonchev–Trinajstić information content (AvgIpc) is 3.74. The van der Waals surface area contributed by atoms with Crippen LogP contribution in [0.2, 0.25) is 0 Å². The Labute approximate surface area is 285 Å². The smallest absolute Gasteiger partial charge is 0.341 e. The van der Waals surface area contributed by atoms with Crippen LogP contribution < -0.4 is 32.3 Å². The topological polar surface area (TPSA) is 175 Å². The lowest BCUT2D eigenvalue weighted by Crippen LogP contribution is -2.55. The van der Waals surface area contributed by atoms with Crippen LogP contribution in [0.1, 0.15) is 62.7 Å². The van der Waals surface area contributed by atoms with Crippen LogP contribution >= 0.6 is 21.6 Å². The van der Waals surface area contributed by atoms with Gasteiger partial charge in [0.05, 0.1) is 18.0 Å². The summed E-state index contributed by atoms with van der Waals surface area (Å²) in [5, 5.41) is 18.4. The molecule has 2 fully saturated rings. The molecule has 6 aliphatic rings. The number of phenols is 1. The van der Waals surface area contributed by atoms with Crippen molar-refractivity contribution in [1.29, 1.82) is 0 Å². The standard InChI is InChI=1S/C35H40N4O7S2/c1-17-12-23(40)29-24(43-17)15-25-28(30(29)41)20-4-3-8-35-26(46-35)6-5-18-13-22(39-27(36)14-18)19-7-10-38-32(37)21(19)16-48-47-11-9-34(2,45-25)31(20)44-33(35)42/h7,12-15,20,22,26,31,38-39,41H,3-6,8-11,16,36-37H2,1-2H3/t20-,22?,26-,31-,34+,35+/m1/s1. The molecule has 1 unspecified atom stereocenters. The van der Waals surface area contributed by atoms with Gasteiger partial charge in [0.1, 0.15) is 45.8 Å². The number of esters is 1. The quantitative estimate of drug-likeness (QED) is 0.151. The SMILES string of the molecule is Cc1cc(=O)c2c(O)c3c(cc2o1)O[C@@]1(C)CCSSCC2=C(N)NCC=C2C2C=C(C=C(N)N2)CC[C@H]2O[C@@]24CCC[C@H]3[C@H]1OC4=O. The number of carbonyl (C=O) groups excluding carboxylic acids is 1. The number of benzene rings is 1. The number of nitrogens with two attached hydrogens (primary N) is 2. The molecule has 1 spiro atoms. The minimum atomic E-state index is -1.02. The van der Waals surface area contributed by atoms with Crippen LogP contribution in [-0.4, -0.2) is 58.6 Å². The minimum Gasteiger partial charge on any atom is -0.507 e. The van der Waals surface area contributed by atoms with Gasteiger partial charge in [-0.25, -0.2) is 4.79 Å². The number of aryl methyl sites for hydroxylation is 1. The molecule has 8 rings (SSSR count). The zero-order valence-corrected chi connectivity index (χ0v) is 28.6. The summed E-state index contributed by atoms with van der Waals surface area (Å²) in [6, 6.07) is 2.96. The molecule has 13 heteroatoms. The number of rotatable bonds is 0. The van der Waals surface area contributed by atoms with E-state index in [-0.39, 0.29) is 40.2 Å². The van der Waals surface area contributed by atoms with Gasteiger partial charge in [-0.15, -0.1) is 0 Å². The average molecular weight is 693 g/mol. The van der Waals surface area contributed by atoms with Crippen molar-refractivity contribution in [3.05, 3.63) is 80.3 Å². The summed E-state index contributed by atoms with van der Waals surface area (Å²) in [6.07, 6.45) is 8.99. The Hall–Kier alpha value is -3.68. The molecule has 2 saturated heterocycles. The number of epoxide rings is 1. The highest BCUT2D eigenvalue weighted by molar-refractivity contribution is 8.76. The van der Waals surface area contributed by atoms with Crippen molar-refractivity contribution < 1.29 is 28.5 Å². The van der Waals surface area contributed by atoms with Crippen molar-refractivity contribution in [2.45, 2.75) is 87.7 Å². The predicted molar refractivity (Wildman–Crippen MR) is 185 cm³/mol. The predicted octanol–water partition coefficient (Wildman–Crippen LogP) is 4.24. The molecule has 48 heavy (non-hydrogen) atoms. The van der Waals surface area contributed by atoms with Gasteiger partial charge < -0.3 is 45.8 Å². The largest absolute Gasteiger partial charge is 0.507 e. The molecule has 7 heterocycles. The Morgan fingerprint density at radius 3 is 2.83 bits per heavy atom. The van der Waals surface area contributed by atoms with Gasteiger partial charge in [-0.1, -0.05) is 33.7 Å². The number of aromatic hydroxyl groups is 1. The van der Waals surface area contributed by atoms with Crippen molar-refractivity contribution in [3.63, 3.8) is 0 Å². The minimum absolute atomic E-state index is 0.109. The van der Waals surface area contributed by atoms with E-state index < -0.39 is 23.3 Å². The van der Waals surface area contributed by atoms with E-state index >= 15 is 0 Å². The zero-order chi connectivity index (χ0) is 33.4. The molecule has 11 nitrogen and oxygen atoms in total. The van der Waals surface area contributed by atoms with Gasteiger partial charge in [-0.05, 0) is 63.2 Å². The summed E-state index contributed by atoms with van der Waals surface area (Å²) < 4.78 is 25.3. The first-order valence-corrected chi connectivity index (χ1v) is 19.0. The molecule has 7 N–H and O–H groups in total. The van der Waals surface area contributed by atoms with E-state index in [2.05, 4.69) is 22.8 Å². The molecular formula is C35H40N4O7S2. The fraction of sp³-hybridized carbons (Fsp3) is 0.486. The van der Waals surface area contributed by atoms with Crippen molar-refractivity contribution in [2.75, 3.05) is 18.1 Å². The maximum absolute atomic E-state index is 14.1. The molecule has 0 radical (unpaired) electrons. The monoisotopic (exact) mass is 692 g/mol. The van der Waals surface area contributed by atoms with Crippen LogP contribution in [0, 0.1) is 6.92 Å². The Morgan fingerprint density at radius 2 is 1.98 bits per heavy atom. The normalized spacial score (nSPS) is 33.3. The molecule has 0 amide bonds. The van der Waals surface area contributed by atoms with E-state index in [0.29, 0.717) is 85.3 Å². The first-order valence-electron chi connectivity index (χ1n) is 16.6. The molecule has 0 aliphatic carbocycles. The number of allylic oxidation sites excluding steroid dienone is 2. The Balaban J connectivity index is 1.17. The first kappa shape index (κ1) is 31.6. The molecule has 4 bridgehead atoms. The fourth-order valence-corrected chi connectivity index (χ4v) is 10.5. The number of carbonyl (C=O) groups is 1. The van der Waals surface area contributed by atoms with Gasteiger partial charge in [0.2, 0.25) is 0 Å². The third kappa shape index (κ3) is 5.25. The van der Waals surface area contributed by atoms with Gasteiger partial charge in [-0.3, -0.25) is 4.79 Å². The maximum Gasteiger partial charge on any atom is 0.341 e. The van der Waals surface area contributed by atoms with Gasteiger partial charge in [0.15, 0.2) is 11.0 Å². The molecule has 0 saturated carbocycles. The van der Waals surface area contributed by atoms with Gasteiger partial charge in [0, 0.05) is 53.7 Å². The molecule has 6 aliphatic heterocycles. The first-order chi connectivity index (χ1) is 23.1. The molecule has 1 aromatic heterocycles. The number of nitrogens with one attached hydrogen (secondary N) is 2. The fourth-order valence-electron chi connectivity index (χ4n) is 8.13. The van der Waals surface area contributed by atoms with Crippen LogP contribution in [0.15, 0.2) is 67.9 Å². The molecule has 1 aromatic carbocycles. The van der Waals surface area contributed by atoms with E-state index in [9.17, 15) is 14.7 Å². The van der Waals surface area contributed by atoms with E-state index in [1.807, 2.05) is 13.0 Å². The van der Waals surface area contributed by atoms with Gasteiger partial charge in [-0.2, -0.15) is 0 Å². The van der Waals surface area contributed by atoms with Crippen LogP contribution in [0.4, 0.5) is 0 Å². The molecule has 6 atom stereocenters. The number of ether oxygens (including phenoxy) is 3. The summed E-state index contributed by atoms with van der Waals surface area (Å²) >= 11 is 0. The summed E-state index contributed by atoms with van der Waals surface area (Å²) in [6.45, 7) is 4.31. The second-order valence-corrected chi connectivity index (χ2v) is 16.3. The van der Waals surface area contributed by atoms with Crippen molar-refractivity contribution in [2.24, 2.45) is 11.5 Å². The van der Waals surface area contributed by atoms with Crippen molar-refractivity contribution >= 4 is 38.5 Å². The number of dihydropyridines is 2. The Kier molecular flexibility index (Phi) is 7.72. The summed E-state index contributed by atoms with van der Waals surface area (Å²) in [5.74, 6) is 2.57. The lowest BCUT2D eigenvalue weighted by atomic mass is 9.74. The van der Waals surface area contributed by atoms with E-state index in [4.69, 9.17) is 30.1 Å². The molecular weight excluding hydrogens is 653 g/mol. The summed E-state index contributed by atoms with van der Waals surface area (Å²) in [5.41, 5.74) is 14.6. The van der Waals surface area contributed by atoms with Crippen molar-refractivity contribution in [3.8, 4) is 11.5 Å². The third-order valence-electron chi connectivity index (χ3n) is 10.6. The highest BCUT2D eigenvalue weighted by Gasteiger charge is 2.65. The Bertz CT molecular complexity index is 1900. The number of phenolic OH excluding ortho intramolecular Hbond substituents is 1.